The Bertz CT molecular complexity index is 816. The van der Waals surface area contributed by atoms with Gasteiger partial charge in [0.25, 0.3) is 11.5 Å². The second kappa shape index (κ2) is 6.38. The summed E-state index contributed by atoms with van der Waals surface area (Å²) in [5, 5.41) is 11.5. The van der Waals surface area contributed by atoms with E-state index in [4.69, 9.17) is 10.8 Å². The number of aromatic amines is 1. The van der Waals surface area contributed by atoms with Crippen molar-refractivity contribution in [1.82, 2.24) is 25.3 Å². The molecule has 5 N–H and O–H groups in total. The van der Waals surface area contributed by atoms with Crippen molar-refractivity contribution in [3.63, 3.8) is 0 Å². The number of carboxylic acid groups (broad SMARTS) is 1. The molecule has 0 unspecified atom stereocenters. The molecule has 0 aliphatic heterocycles. The van der Waals surface area contributed by atoms with Gasteiger partial charge in [-0.15, -0.1) is 0 Å². The zero-order valence-electron chi connectivity index (χ0n) is 12.5. The fourth-order valence-electron chi connectivity index (χ4n) is 1.97. The molecule has 2 aromatic rings. The number of nitrogen functional groups attached to an aromatic ring is 1. The summed E-state index contributed by atoms with van der Waals surface area (Å²) in [5.74, 6) is -1.93. The van der Waals surface area contributed by atoms with Gasteiger partial charge in [-0.05, 0) is 12.3 Å². The van der Waals surface area contributed by atoms with Gasteiger partial charge >= 0.3 is 5.97 Å². The molecule has 0 fully saturated rings. The maximum atomic E-state index is 12.1. The van der Waals surface area contributed by atoms with Crippen LogP contribution in [0.5, 0.6) is 0 Å². The summed E-state index contributed by atoms with van der Waals surface area (Å²) in [7, 11) is 0. The van der Waals surface area contributed by atoms with Crippen molar-refractivity contribution in [2.45, 2.75) is 26.3 Å². The maximum Gasteiger partial charge on any atom is 0.326 e. The molecule has 1 atom stereocenters. The predicted molar refractivity (Wildman–Crippen MR) is 80.7 cm³/mol. The number of hydrogen-bond donors (Lipinski definition) is 4. The van der Waals surface area contributed by atoms with Gasteiger partial charge in [0.05, 0.1) is 6.20 Å². The molecule has 0 aromatic carbocycles. The highest BCUT2D eigenvalue weighted by Gasteiger charge is 2.23. The van der Waals surface area contributed by atoms with Gasteiger partial charge in [-0.1, -0.05) is 13.8 Å². The molecule has 10 heteroatoms. The predicted octanol–water partition coefficient (Wildman–Crippen LogP) is -0.476. The molecule has 10 nitrogen and oxygen atoms in total. The molecule has 2 aromatic heterocycles. The second-order valence-electron chi connectivity index (χ2n) is 5.37. The number of anilines is 1. The molecule has 0 aliphatic rings. The zero-order chi connectivity index (χ0) is 17.1. The van der Waals surface area contributed by atoms with Crippen molar-refractivity contribution in [2.75, 3.05) is 5.73 Å². The van der Waals surface area contributed by atoms with E-state index in [2.05, 4.69) is 25.3 Å². The molecule has 0 spiro atoms. The number of nitrogens with two attached hydrogens (primary N) is 1. The van der Waals surface area contributed by atoms with Crippen LogP contribution in [0, 0.1) is 5.92 Å². The minimum absolute atomic E-state index is 0.0623. The Morgan fingerprint density at radius 3 is 2.70 bits per heavy atom. The van der Waals surface area contributed by atoms with E-state index in [1.54, 1.807) is 0 Å². The average molecular weight is 320 g/mol. The van der Waals surface area contributed by atoms with E-state index in [-0.39, 0.29) is 35.1 Å². The number of amides is 1. The van der Waals surface area contributed by atoms with Gasteiger partial charge in [0.2, 0.25) is 5.95 Å². The van der Waals surface area contributed by atoms with Crippen molar-refractivity contribution >= 4 is 29.0 Å². The highest BCUT2D eigenvalue weighted by Crippen LogP contribution is 2.07. The van der Waals surface area contributed by atoms with E-state index in [0.29, 0.717) is 0 Å². The summed E-state index contributed by atoms with van der Waals surface area (Å²) >= 11 is 0. The topological polar surface area (TPSA) is 164 Å². The third-order valence-corrected chi connectivity index (χ3v) is 2.98. The minimum Gasteiger partial charge on any atom is -0.480 e. The number of carboxylic acids is 1. The van der Waals surface area contributed by atoms with Crippen LogP contribution in [0.2, 0.25) is 0 Å². The number of fused-ring (bicyclic) bond motifs is 1. The number of carbonyl (C=O) groups is 2. The number of aromatic nitrogens is 4. The van der Waals surface area contributed by atoms with E-state index in [1.165, 1.54) is 0 Å². The van der Waals surface area contributed by atoms with E-state index in [0.717, 1.165) is 6.20 Å². The number of hydrogen-bond acceptors (Lipinski definition) is 7. The smallest absolute Gasteiger partial charge is 0.326 e. The van der Waals surface area contributed by atoms with E-state index >= 15 is 0 Å². The Kier molecular flexibility index (Phi) is 4.53. The highest BCUT2D eigenvalue weighted by atomic mass is 16.4. The molecule has 1 amide bonds. The van der Waals surface area contributed by atoms with Crippen molar-refractivity contribution in [3.8, 4) is 0 Å². The molecule has 0 saturated heterocycles. The normalized spacial score (nSPS) is 12.3. The largest absolute Gasteiger partial charge is 0.480 e. The number of aliphatic carboxylic acids is 1. The Balaban J connectivity index is 2.30. The van der Waals surface area contributed by atoms with Crippen molar-refractivity contribution < 1.29 is 14.7 Å². The molecular weight excluding hydrogens is 304 g/mol. The van der Waals surface area contributed by atoms with Gasteiger partial charge in [-0.3, -0.25) is 14.6 Å². The first-order valence-corrected chi connectivity index (χ1v) is 6.84. The lowest BCUT2D eigenvalue weighted by molar-refractivity contribution is -0.139. The fraction of sp³-hybridized carbons (Fsp3) is 0.385. The Morgan fingerprint density at radius 2 is 2.09 bits per heavy atom. The van der Waals surface area contributed by atoms with Crippen LogP contribution in [0.1, 0.15) is 30.8 Å². The van der Waals surface area contributed by atoms with Gasteiger partial charge in [-0.2, -0.15) is 4.98 Å². The molecular formula is C13H16N6O4. The first kappa shape index (κ1) is 16.3. The van der Waals surface area contributed by atoms with Crippen LogP contribution in [-0.4, -0.2) is 43.0 Å². The van der Waals surface area contributed by atoms with Crippen LogP contribution < -0.4 is 16.6 Å². The first-order valence-electron chi connectivity index (χ1n) is 6.84. The van der Waals surface area contributed by atoms with Gasteiger partial charge in [0.15, 0.2) is 11.2 Å². The lowest BCUT2D eigenvalue weighted by atomic mass is 10.0. The lowest BCUT2D eigenvalue weighted by Gasteiger charge is -2.16. The van der Waals surface area contributed by atoms with Crippen molar-refractivity contribution in [3.05, 3.63) is 22.2 Å². The van der Waals surface area contributed by atoms with Crippen LogP contribution in [0.4, 0.5) is 5.95 Å². The molecule has 0 aliphatic carbocycles. The summed E-state index contributed by atoms with van der Waals surface area (Å²) in [6.07, 6.45) is 1.35. The summed E-state index contributed by atoms with van der Waals surface area (Å²) in [5.41, 5.74) is 4.54. The summed E-state index contributed by atoms with van der Waals surface area (Å²) in [4.78, 5) is 48.7. The number of rotatable bonds is 5. The Hall–Kier alpha value is -3.04. The average Bonchev–Trinajstić information content (AvgIpc) is 2.44. The van der Waals surface area contributed by atoms with Crippen LogP contribution >= 0.6 is 0 Å². The molecule has 0 radical (unpaired) electrons. The van der Waals surface area contributed by atoms with Crippen molar-refractivity contribution in [1.29, 1.82) is 0 Å². The van der Waals surface area contributed by atoms with E-state index in [9.17, 15) is 14.4 Å². The second-order valence-corrected chi connectivity index (χ2v) is 5.37. The quantitative estimate of drug-likeness (QED) is 0.573. The lowest BCUT2D eigenvalue weighted by Crippen LogP contribution is -2.42. The van der Waals surface area contributed by atoms with Gasteiger partial charge < -0.3 is 16.2 Å². The van der Waals surface area contributed by atoms with Gasteiger partial charge in [0.1, 0.15) is 11.7 Å². The van der Waals surface area contributed by atoms with Crippen LogP contribution in [0.25, 0.3) is 11.2 Å². The third-order valence-electron chi connectivity index (χ3n) is 2.98. The Labute approximate surface area is 130 Å². The third kappa shape index (κ3) is 3.78. The molecule has 2 heterocycles. The molecule has 0 saturated carbocycles. The number of nitrogens with one attached hydrogen (secondary N) is 2. The van der Waals surface area contributed by atoms with Crippen LogP contribution in [0.3, 0.4) is 0 Å². The van der Waals surface area contributed by atoms with Crippen molar-refractivity contribution in [2.24, 2.45) is 5.92 Å². The van der Waals surface area contributed by atoms with Crippen LogP contribution in [0.15, 0.2) is 11.0 Å². The Morgan fingerprint density at radius 1 is 1.39 bits per heavy atom. The highest BCUT2D eigenvalue weighted by molar-refractivity contribution is 5.95. The minimum atomic E-state index is -1.14. The number of nitrogens with zero attached hydrogens (tertiary/aromatic N) is 3. The molecule has 23 heavy (non-hydrogen) atoms. The summed E-state index contributed by atoms with van der Waals surface area (Å²) in [6, 6.07) is -1.04. The molecule has 122 valence electrons. The van der Waals surface area contributed by atoms with E-state index < -0.39 is 23.5 Å². The first-order chi connectivity index (χ1) is 10.8. The monoisotopic (exact) mass is 320 g/mol. The maximum absolute atomic E-state index is 12.1. The zero-order valence-corrected chi connectivity index (χ0v) is 12.5. The van der Waals surface area contributed by atoms with Crippen LogP contribution in [-0.2, 0) is 4.79 Å². The SMILES string of the molecule is CC(C)C[C@H](NC(=O)c1cnc2c(=O)[nH]c(N)nc2n1)C(=O)O. The molecule has 2 rings (SSSR count). The molecule has 0 bridgehead atoms. The summed E-state index contributed by atoms with van der Waals surface area (Å²) in [6.45, 7) is 3.69. The number of carbonyl (C=O) groups excluding carboxylic acids is 1. The standard InChI is InChI=1S/C13H16N6O4/c1-5(2)3-6(12(22)23)17-10(20)7-4-15-8-9(16-7)18-13(14)19-11(8)21/h4-6H,3H2,1-2H3,(H,17,20)(H,22,23)(H3,14,16,18,19,21)/t6-/m0/s1. The van der Waals surface area contributed by atoms with E-state index in [1.807, 2.05) is 13.8 Å². The van der Waals surface area contributed by atoms with Gasteiger partial charge in [0, 0.05) is 0 Å². The summed E-state index contributed by atoms with van der Waals surface area (Å²) < 4.78 is 0. The fourth-order valence-corrected chi connectivity index (χ4v) is 1.97. The number of H-pyrrole nitrogens is 1. The van der Waals surface area contributed by atoms with Gasteiger partial charge in [-0.25, -0.2) is 14.8 Å².